The standard InChI is InChI=1S/C12H19BrN2O2S/c1-3-4-9(2)8-15-12-6-5-10(7-11(12)13)18(14,16)17/h5-7,9,15H,3-4,8H2,1-2H3,(H2,14,16,17). The Hall–Kier alpha value is -0.590. The summed E-state index contributed by atoms with van der Waals surface area (Å²) in [5.74, 6) is 0.583. The average Bonchev–Trinajstić information content (AvgIpc) is 2.26. The van der Waals surface area contributed by atoms with Crippen LogP contribution in [-0.2, 0) is 10.0 Å². The van der Waals surface area contributed by atoms with E-state index in [0.29, 0.717) is 10.4 Å². The molecule has 0 amide bonds. The van der Waals surface area contributed by atoms with Crippen LogP contribution in [0.15, 0.2) is 27.6 Å². The lowest BCUT2D eigenvalue weighted by atomic mass is 10.1. The molecule has 0 fully saturated rings. The van der Waals surface area contributed by atoms with Crippen molar-refractivity contribution in [3.63, 3.8) is 0 Å². The number of rotatable bonds is 6. The maximum atomic E-state index is 11.2. The van der Waals surface area contributed by atoms with Gasteiger partial charge in [-0.3, -0.25) is 0 Å². The van der Waals surface area contributed by atoms with Crippen molar-refractivity contribution in [1.29, 1.82) is 0 Å². The Labute approximate surface area is 117 Å². The van der Waals surface area contributed by atoms with Crippen LogP contribution < -0.4 is 10.5 Å². The molecule has 4 nitrogen and oxygen atoms in total. The molecule has 1 atom stereocenters. The molecule has 1 aromatic rings. The lowest BCUT2D eigenvalue weighted by Gasteiger charge is -2.14. The molecule has 18 heavy (non-hydrogen) atoms. The van der Waals surface area contributed by atoms with Crippen molar-refractivity contribution >= 4 is 31.6 Å². The summed E-state index contributed by atoms with van der Waals surface area (Å²) in [7, 11) is -3.64. The highest BCUT2D eigenvalue weighted by Crippen LogP contribution is 2.25. The van der Waals surface area contributed by atoms with Crippen LogP contribution in [0.3, 0.4) is 0 Å². The minimum Gasteiger partial charge on any atom is -0.384 e. The number of nitrogens with two attached hydrogens (primary N) is 1. The Morgan fingerprint density at radius 2 is 2.11 bits per heavy atom. The van der Waals surface area contributed by atoms with E-state index < -0.39 is 10.0 Å². The topological polar surface area (TPSA) is 72.2 Å². The third-order valence-corrected chi connectivity index (χ3v) is 4.26. The molecule has 6 heteroatoms. The zero-order valence-corrected chi connectivity index (χ0v) is 13.0. The first-order valence-electron chi connectivity index (χ1n) is 5.90. The molecule has 0 bridgehead atoms. The molecule has 0 spiro atoms. The van der Waals surface area contributed by atoms with Crippen LogP contribution in [-0.4, -0.2) is 15.0 Å². The summed E-state index contributed by atoms with van der Waals surface area (Å²) < 4.78 is 23.1. The van der Waals surface area contributed by atoms with E-state index in [1.807, 2.05) is 0 Å². The third-order valence-electron chi connectivity index (χ3n) is 2.69. The Morgan fingerprint density at radius 3 is 2.61 bits per heavy atom. The van der Waals surface area contributed by atoms with Crippen LogP contribution in [0.2, 0.25) is 0 Å². The zero-order chi connectivity index (χ0) is 13.8. The first-order valence-corrected chi connectivity index (χ1v) is 8.24. The summed E-state index contributed by atoms with van der Waals surface area (Å²) in [5.41, 5.74) is 0.880. The lowest BCUT2D eigenvalue weighted by Crippen LogP contribution is -2.13. The molecule has 0 radical (unpaired) electrons. The molecule has 3 N–H and O–H groups in total. The van der Waals surface area contributed by atoms with E-state index in [0.717, 1.165) is 18.7 Å². The second kappa shape index (κ2) is 6.54. The predicted molar refractivity (Wildman–Crippen MR) is 78.1 cm³/mol. The molecule has 0 saturated carbocycles. The van der Waals surface area contributed by atoms with Gasteiger partial charge in [0.05, 0.1) is 4.90 Å². The molecule has 0 heterocycles. The Bertz CT molecular complexity index is 503. The number of primary sulfonamides is 1. The van der Waals surface area contributed by atoms with Gasteiger partial charge in [0.15, 0.2) is 0 Å². The highest BCUT2D eigenvalue weighted by molar-refractivity contribution is 9.10. The number of benzene rings is 1. The summed E-state index contributed by atoms with van der Waals surface area (Å²) in [6, 6.07) is 4.75. The molecule has 0 saturated heterocycles. The first kappa shape index (κ1) is 15.5. The highest BCUT2D eigenvalue weighted by Gasteiger charge is 2.10. The van der Waals surface area contributed by atoms with Crippen molar-refractivity contribution in [3.8, 4) is 0 Å². The maximum Gasteiger partial charge on any atom is 0.238 e. The normalized spacial score (nSPS) is 13.3. The van der Waals surface area contributed by atoms with Gasteiger partial charge in [0.2, 0.25) is 10.0 Å². The first-order chi connectivity index (χ1) is 8.34. The van der Waals surface area contributed by atoms with Gasteiger partial charge in [-0.1, -0.05) is 20.3 Å². The molecule has 0 aliphatic heterocycles. The van der Waals surface area contributed by atoms with E-state index in [4.69, 9.17) is 5.14 Å². The minimum absolute atomic E-state index is 0.113. The monoisotopic (exact) mass is 334 g/mol. The van der Waals surface area contributed by atoms with Crippen molar-refractivity contribution in [2.45, 2.75) is 31.6 Å². The van der Waals surface area contributed by atoms with Crippen LogP contribution in [0.5, 0.6) is 0 Å². The van der Waals surface area contributed by atoms with Gasteiger partial charge in [-0.2, -0.15) is 0 Å². The van der Waals surface area contributed by atoms with Gasteiger partial charge in [-0.15, -0.1) is 0 Å². The molecule has 1 unspecified atom stereocenters. The fraction of sp³-hybridized carbons (Fsp3) is 0.500. The predicted octanol–water partition coefficient (Wildman–Crippen LogP) is 2.94. The largest absolute Gasteiger partial charge is 0.384 e. The fourth-order valence-electron chi connectivity index (χ4n) is 1.70. The van der Waals surface area contributed by atoms with Gasteiger partial charge < -0.3 is 5.32 Å². The summed E-state index contributed by atoms with van der Waals surface area (Å²) in [5, 5.41) is 8.36. The summed E-state index contributed by atoms with van der Waals surface area (Å²) in [6.07, 6.45) is 2.33. The third kappa shape index (κ3) is 4.59. The molecular weight excluding hydrogens is 316 g/mol. The van der Waals surface area contributed by atoms with Crippen LogP contribution >= 0.6 is 15.9 Å². The zero-order valence-electron chi connectivity index (χ0n) is 10.6. The minimum atomic E-state index is -3.64. The number of anilines is 1. The average molecular weight is 335 g/mol. The molecule has 1 rings (SSSR count). The van der Waals surface area contributed by atoms with E-state index in [9.17, 15) is 8.42 Å². The second-order valence-corrected chi connectivity index (χ2v) is 6.88. The molecule has 1 aromatic carbocycles. The summed E-state index contributed by atoms with van der Waals surface area (Å²) in [4.78, 5) is 0.113. The van der Waals surface area contributed by atoms with E-state index in [1.165, 1.54) is 18.6 Å². The van der Waals surface area contributed by atoms with Gasteiger partial charge in [-0.25, -0.2) is 13.6 Å². The number of halogens is 1. The highest BCUT2D eigenvalue weighted by atomic mass is 79.9. The van der Waals surface area contributed by atoms with Gasteiger partial charge in [0.25, 0.3) is 0 Å². The van der Waals surface area contributed by atoms with Crippen LogP contribution in [0.4, 0.5) is 5.69 Å². The van der Waals surface area contributed by atoms with Crippen LogP contribution in [0, 0.1) is 5.92 Å². The quantitative estimate of drug-likeness (QED) is 0.839. The van der Waals surface area contributed by atoms with E-state index in [-0.39, 0.29) is 4.90 Å². The Morgan fingerprint density at radius 1 is 1.44 bits per heavy atom. The number of hydrogen-bond acceptors (Lipinski definition) is 3. The lowest BCUT2D eigenvalue weighted by molar-refractivity contribution is 0.550. The van der Waals surface area contributed by atoms with Gasteiger partial charge >= 0.3 is 0 Å². The number of sulfonamides is 1. The fourth-order valence-corrected chi connectivity index (χ4v) is 2.91. The van der Waals surface area contributed by atoms with Crippen molar-refractivity contribution < 1.29 is 8.42 Å². The Balaban J connectivity index is 2.75. The second-order valence-electron chi connectivity index (χ2n) is 4.46. The number of hydrogen-bond donors (Lipinski definition) is 2. The molecule has 0 aliphatic rings. The molecular formula is C12H19BrN2O2S. The summed E-state index contributed by atoms with van der Waals surface area (Å²) >= 11 is 3.35. The molecule has 0 aliphatic carbocycles. The molecule has 102 valence electrons. The molecule has 0 aromatic heterocycles. The summed E-state index contributed by atoms with van der Waals surface area (Å²) in [6.45, 7) is 5.21. The van der Waals surface area contributed by atoms with Crippen molar-refractivity contribution in [2.75, 3.05) is 11.9 Å². The van der Waals surface area contributed by atoms with E-state index >= 15 is 0 Å². The van der Waals surface area contributed by atoms with Crippen LogP contribution in [0.25, 0.3) is 0 Å². The number of nitrogens with one attached hydrogen (secondary N) is 1. The smallest absolute Gasteiger partial charge is 0.238 e. The van der Waals surface area contributed by atoms with E-state index in [2.05, 4.69) is 35.1 Å². The van der Waals surface area contributed by atoms with E-state index in [1.54, 1.807) is 6.07 Å². The van der Waals surface area contributed by atoms with Gasteiger partial charge in [0, 0.05) is 16.7 Å². The van der Waals surface area contributed by atoms with Gasteiger partial charge in [-0.05, 0) is 46.5 Å². The SMILES string of the molecule is CCCC(C)CNc1ccc(S(N)(=O)=O)cc1Br. The Kier molecular flexibility index (Phi) is 5.62. The van der Waals surface area contributed by atoms with Crippen molar-refractivity contribution in [1.82, 2.24) is 0 Å². The maximum absolute atomic E-state index is 11.2. The van der Waals surface area contributed by atoms with Crippen molar-refractivity contribution in [3.05, 3.63) is 22.7 Å². The van der Waals surface area contributed by atoms with Crippen molar-refractivity contribution in [2.24, 2.45) is 11.1 Å². The van der Waals surface area contributed by atoms with Gasteiger partial charge in [0.1, 0.15) is 0 Å². The van der Waals surface area contributed by atoms with Crippen LogP contribution in [0.1, 0.15) is 26.7 Å².